The molecule has 1 amide bonds. The van der Waals surface area contributed by atoms with Gasteiger partial charge in [-0.3, -0.25) is 4.79 Å². The fourth-order valence-corrected chi connectivity index (χ4v) is 3.39. The summed E-state index contributed by atoms with van der Waals surface area (Å²) in [4.78, 5) is 11.3. The molecule has 0 unspecified atom stereocenters. The molecule has 3 nitrogen and oxygen atoms in total. The van der Waals surface area contributed by atoms with E-state index in [1.54, 1.807) is 0 Å². The number of piperidine rings is 2. The van der Waals surface area contributed by atoms with E-state index >= 15 is 0 Å². The van der Waals surface area contributed by atoms with Crippen LogP contribution in [0.15, 0.2) is 0 Å². The third kappa shape index (κ3) is 1.83. The first-order valence-corrected chi connectivity index (χ1v) is 6.09. The summed E-state index contributed by atoms with van der Waals surface area (Å²) >= 11 is 2.50. The van der Waals surface area contributed by atoms with E-state index in [2.05, 4.69) is 33.2 Å². The van der Waals surface area contributed by atoms with Crippen molar-refractivity contribution in [3.8, 4) is 0 Å². The summed E-state index contributed by atoms with van der Waals surface area (Å²) in [6, 6.07) is 0. The van der Waals surface area contributed by atoms with Gasteiger partial charge in [-0.15, -0.1) is 0 Å². The maximum atomic E-state index is 11.3. The average molecular weight is 294 g/mol. The lowest BCUT2D eigenvalue weighted by Gasteiger charge is -2.44. The van der Waals surface area contributed by atoms with Crippen molar-refractivity contribution in [3.63, 3.8) is 0 Å². The number of hydrogen-bond acceptors (Lipinski definition) is 2. The van der Waals surface area contributed by atoms with Crippen LogP contribution in [-0.4, -0.2) is 29.5 Å². The van der Waals surface area contributed by atoms with Gasteiger partial charge in [0.2, 0.25) is 5.91 Å². The lowest BCUT2D eigenvalue weighted by Crippen LogP contribution is -2.53. The molecular formula is C9H15IN2O. The molecule has 0 bridgehead atoms. The summed E-state index contributed by atoms with van der Waals surface area (Å²) in [6.45, 7) is 3.01. The molecule has 2 aliphatic rings. The van der Waals surface area contributed by atoms with Crippen LogP contribution in [0.2, 0.25) is 0 Å². The van der Waals surface area contributed by atoms with Crippen LogP contribution in [0.1, 0.15) is 19.3 Å². The first-order valence-electron chi connectivity index (χ1n) is 4.84. The average Bonchev–Trinajstić information content (AvgIpc) is 2.14. The lowest BCUT2D eigenvalue weighted by molar-refractivity contribution is -0.125. The second kappa shape index (κ2) is 3.73. The number of halogens is 1. The molecule has 0 saturated carbocycles. The lowest BCUT2D eigenvalue weighted by atomic mass is 9.72. The highest BCUT2D eigenvalue weighted by atomic mass is 127. The molecule has 1 atom stereocenters. The fourth-order valence-electron chi connectivity index (χ4n) is 2.33. The molecule has 0 aromatic rings. The molecule has 0 aliphatic carbocycles. The molecule has 0 aromatic heterocycles. The Bertz CT molecular complexity index is 214. The van der Waals surface area contributed by atoms with Gasteiger partial charge in [0, 0.05) is 16.9 Å². The van der Waals surface area contributed by atoms with Gasteiger partial charge in [-0.2, -0.15) is 0 Å². The monoisotopic (exact) mass is 294 g/mol. The summed E-state index contributed by atoms with van der Waals surface area (Å²) in [5.41, 5.74) is 0.300. The van der Waals surface area contributed by atoms with E-state index in [0.717, 1.165) is 38.9 Å². The molecule has 2 saturated heterocycles. The van der Waals surface area contributed by atoms with E-state index < -0.39 is 0 Å². The third-order valence-corrected chi connectivity index (χ3v) is 5.02. The van der Waals surface area contributed by atoms with Crippen LogP contribution in [-0.2, 0) is 4.79 Å². The Labute approximate surface area is 92.2 Å². The molecule has 0 aromatic carbocycles. The largest absolute Gasteiger partial charge is 0.355 e. The molecule has 2 heterocycles. The first-order chi connectivity index (χ1) is 6.23. The minimum atomic E-state index is 0.245. The van der Waals surface area contributed by atoms with Crippen LogP contribution in [0.25, 0.3) is 0 Å². The fraction of sp³-hybridized carbons (Fsp3) is 0.889. The summed E-state index contributed by atoms with van der Waals surface area (Å²) in [7, 11) is 0. The summed E-state index contributed by atoms with van der Waals surface area (Å²) in [6.07, 6.45) is 3.06. The van der Waals surface area contributed by atoms with Crippen molar-refractivity contribution in [2.24, 2.45) is 5.41 Å². The van der Waals surface area contributed by atoms with Gasteiger partial charge in [-0.25, -0.2) is 0 Å². The molecule has 1 spiro atoms. The number of nitrogens with one attached hydrogen (secondary N) is 2. The standard InChI is InChI=1S/C9H15IN2O/c10-7-6-12-8(13)5-9(7)1-3-11-4-2-9/h7,11H,1-6H2,(H,12,13)/t7-/m1/s1. The van der Waals surface area contributed by atoms with Crippen LogP contribution in [0, 0.1) is 5.41 Å². The highest BCUT2D eigenvalue weighted by Gasteiger charge is 2.42. The van der Waals surface area contributed by atoms with Gasteiger partial charge in [0.25, 0.3) is 0 Å². The zero-order chi connectivity index (χ0) is 9.31. The second-order valence-electron chi connectivity index (χ2n) is 4.06. The molecule has 2 aliphatic heterocycles. The molecular weight excluding hydrogens is 279 g/mol. The maximum Gasteiger partial charge on any atom is 0.220 e. The Morgan fingerprint density at radius 3 is 2.77 bits per heavy atom. The van der Waals surface area contributed by atoms with Crippen molar-refractivity contribution in [2.75, 3.05) is 19.6 Å². The number of rotatable bonds is 0. The van der Waals surface area contributed by atoms with E-state index in [-0.39, 0.29) is 5.91 Å². The molecule has 2 rings (SSSR count). The van der Waals surface area contributed by atoms with Crippen molar-refractivity contribution in [1.82, 2.24) is 10.6 Å². The summed E-state index contributed by atoms with van der Waals surface area (Å²) in [5.74, 6) is 0.245. The van der Waals surface area contributed by atoms with Gasteiger partial charge >= 0.3 is 0 Å². The van der Waals surface area contributed by atoms with Crippen molar-refractivity contribution in [2.45, 2.75) is 23.2 Å². The third-order valence-electron chi connectivity index (χ3n) is 3.25. The highest BCUT2D eigenvalue weighted by Crippen LogP contribution is 2.41. The first kappa shape index (κ1) is 9.71. The van der Waals surface area contributed by atoms with Gasteiger partial charge in [0.05, 0.1) is 0 Å². The van der Waals surface area contributed by atoms with Gasteiger partial charge < -0.3 is 10.6 Å². The molecule has 13 heavy (non-hydrogen) atoms. The summed E-state index contributed by atoms with van der Waals surface area (Å²) in [5, 5.41) is 6.29. The van der Waals surface area contributed by atoms with Gasteiger partial charge in [-0.1, -0.05) is 22.6 Å². The van der Waals surface area contributed by atoms with E-state index in [9.17, 15) is 4.79 Å². The van der Waals surface area contributed by atoms with Crippen molar-refractivity contribution in [3.05, 3.63) is 0 Å². The van der Waals surface area contributed by atoms with E-state index in [4.69, 9.17) is 0 Å². The Balaban J connectivity index is 2.11. The topological polar surface area (TPSA) is 41.1 Å². The Morgan fingerprint density at radius 2 is 2.08 bits per heavy atom. The van der Waals surface area contributed by atoms with Crippen LogP contribution < -0.4 is 10.6 Å². The Kier molecular flexibility index (Phi) is 2.78. The quantitative estimate of drug-likeness (QED) is 0.509. The molecule has 2 fully saturated rings. The SMILES string of the molecule is O=C1CC2(CCNCC2)[C@H](I)CN1. The number of hydrogen-bond donors (Lipinski definition) is 2. The van der Waals surface area contributed by atoms with Gasteiger partial charge in [-0.05, 0) is 31.3 Å². The number of amides is 1. The van der Waals surface area contributed by atoms with Crippen LogP contribution >= 0.6 is 22.6 Å². The van der Waals surface area contributed by atoms with E-state index in [1.165, 1.54) is 0 Å². The second-order valence-corrected chi connectivity index (χ2v) is 5.56. The molecule has 74 valence electrons. The van der Waals surface area contributed by atoms with Gasteiger partial charge in [0.1, 0.15) is 0 Å². The predicted molar refractivity (Wildman–Crippen MR) is 60.0 cm³/mol. The minimum Gasteiger partial charge on any atom is -0.355 e. The zero-order valence-corrected chi connectivity index (χ0v) is 9.76. The van der Waals surface area contributed by atoms with E-state index in [0.29, 0.717) is 9.34 Å². The van der Waals surface area contributed by atoms with Crippen LogP contribution in [0.3, 0.4) is 0 Å². The molecule has 0 radical (unpaired) electrons. The van der Waals surface area contributed by atoms with Crippen molar-refractivity contribution in [1.29, 1.82) is 0 Å². The molecule has 4 heteroatoms. The zero-order valence-electron chi connectivity index (χ0n) is 7.61. The van der Waals surface area contributed by atoms with Crippen molar-refractivity contribution < 1.29 is 4.79 Å². The van der Waals surface area contributed by atoms with Crippen LogP contribution in [0.4, 0.5) is 0 Å². The molecule has 2 N–H and O–H groups in total. The highest BCUT2D eigenvalue weighted by molar-refractivity contribution is 14.1. The van der Waals surface area contributed by atoms with Crippen molar-refractivity contribution >= 4 is 28.5 Å². The Morgan fingerprint density at radius 1 is 1.38 bits per heavy atom. The Hall–Kier alpha value is 0.160. The van der Waals surface area contributed by atoms with E-state index in [1.807, 2.05) is 0 Å². The predicted octanol–water partition coefficient (Wildman–Crippen LogP) is 0.680. The van der Waals surface area contributed by atoms with Crippen LogP contribution in [0.5, 0.6) is 0 Å². The smallest absolute Gasteiger partial charge is 0.220 e. The van der Waals surface area contributed by atoms with Gasteiger partial charge in [0.15, 0.2) is 0 Å². The summed E-state index contributed by atoms with van der Waals surface area (Å²) < 4.78 is 0.616. The number of carbonyl (C=O) groups is 1. The minimum absolute atomic E-state index is 0.245. The maximum absolute atomic E-state index is 11.3. The number of alkyl halides is 1. The normalized spacial score (nSPS) is 33.0. The number of carbonyl (C=O) groups excluding carboxylic acids is 1.